The maximum atomic E-state index is 13.1. The van der Waals surface area contributed by atoms with Crippen molar-refractivity contribution in [1.82, 2.24) is 9.88 Å². The maximum absolute atomic E-state index is 13.1. The molecule has 0 N–H and O–H groups in total. The number of amides is 1. The molecule has 0 saturated carbocycles. The highest BCUT2D eigenvalue weighted by molar-refractivity contribution is 8.00. The SMILES string of the molecule is CCN(C(=O)CSc1nc(C)cc(C(F)(F)F)c1C#N)C1=CCCC1. The number of thioether (sulfide) groups is 1. The fourth-order valence-corrected chi connectivity index (χ4v) is 3.65. The van der Waals surface area contributed by atoms with Gasteiger partial charge in [0.25, 0.3) is 0 Å². The number of carbonyl (C=O) groups is 1. The highest BCUT2D eigenvalue weighted by Gasteiger charge is 2.35. The zero-order chi connectivity index (χ0) is 18.6. The first kappa shape index (κ1) is 19.3. The number of hydrogen-bond acceptors (Lipinski definition) is 4. The van der Waals surface area contributed by atoms with Gasteiger partial charge < -0.3 is 4.90 Å². The number of halogens is 3. The summed E-state index contributed by atoms with van der Waals surface area (Å²) in [6.45, 7) is 3.80. The number of allylic oxidation sites excluding steroid dienone is 2. The van der Waals surface area contributed by atoms with Crippen LogP contribution in [0, 0.1) is 18.3 Å². The van der Waals surface area contributed by atoms with Crippen LogP contribution < -0.4 is 0 Å². The molecule has 1 aliphatic carbocycles. The Hall–Kier alpha value is -2.01. The van der Waals surface area contributed by atoms with Crippen LogP contribution >= 0.6 is 11.8 Å². The number of hydrogen-bond donors (Lipinski definition) is 0. The molecular weight excluding hydrogens is 351 g/mol. The first-order chi connectivity index (χ1) is 11.8. The topological polar surface area (TPSA) is 57.0 Å². The standard InChI is InChI=1S/C17H18F3N3OS/c1-3-23(12-6-4-5-7-12)15(24)10-25-16-13(9-21)14(17(18,19)20)8-11(2)22-16/h6,8H,3-5,7,10H2,1-2H3. The molecule has 4 nitrogen and oxygen atoms in total. The third-order valence-electron chi connectivity index (χ3n) is 3.84. The van der Waals surface area contributed by atoms with Crippen molar-refractivity contribution < 1.29 is 18.0 Å². The predicted molar refractivity (Wildman–Crippen MR) is 88.7 cm³/mol. The molecule has 1 aliphatic rings. The van der Waals surface area contributed by atoms with Gasteiger partial charge in [-0.05, 0) is 39.2 Å². The average molecular weight is 369 g/mol. The number of rotatable bonds is 5. The van der Waals surface area contributed by atoms with Crippen molar-refractivity contribution in [1.29, 1.82) is 5.26 Å². The lowest BCUT2D eigenvalue weighted by atomic mass is 10.1. The van der Waals surface area contributed by atoms with Crippen LogP contribution in [0.1, 0.15) is 43.0 Å². The quantitative estimate of drug-likeness (QED) is 0.727. The van der Waals surface area contributed by atoms with Gasteiger partial charge in [-0.3, -0.25) is 4.79 Å². The van der Waals surface area contributed by atoms with E-state index in [1.165, 1.54) is 6.92 Å². The lowest BCUT2D eigenvalue weighted by molar-refractivity contribution is -0.138. The lowest BCUT2D eigenvalue weighted by Crippen LogP contribution is -2.31. The molecule has 0 aliphatic heterocycles. The Morgan fingerprint density at radius 1 is 1.48 bits per heavy atom. The summed E-state index contributed by atoms with van der Waals surface area (Å²) in [7, 11) is 0. The summed E-state index contributed by atoms with van der Waals surface area (Å²) in [6.07, 6.45) is 0.134. The van der Waals surface area contributed by atoms with Gasteiger partial charge in [0, 0.05) is 17.9 Å². The normalized spacial score (nSPS) is 14.2. The molecule has 8 heteroatoms. The van der Waals surface area contributed by atoms with Gasteiger partial charge in [0.2, 0.25) is 5.91 Å². The van der Waals surface area contributed by atoms with E-state index in [2.05, 4.69) is 4.98 Å². The number of aromatic nitrogens is 1. The van der Waals surface area contributed by atoms with Crippen molar-refractivity contribution in [3.63, 3.8) is 0 Å². The minimum atomic E-state index is -4.64. The molecule has 25 heavy (non-hydrogen) atoms. The smallest absolute Gasteiger partial charge is 0.316 e. The van der Waals surface area contributed by atoms with Gasteiger partial charge >= 0.3 is 6.18 Å². The van der Waals surface area contributed by atoms with Crippen LogP contribution in [0.3, 0.4) is 0 Å². The van der Waals surface area contributed by atoms with Gasteiger partial charge in [-0.25, -0.2) is 4.98 Å². The molecule has 1 amide bonds. The summed E-state index contributed by atoms with van der Waals surface area (Å²) in [5, 5.41) is 9.08. The van der Waals surface area contributed by atoms with Crippen molar-refractivity contribution in [2.45, 2.75) is 44.3 Å². The minimum absolute atomic E-state index is 0.0559. The second-order valence-electron chi connectivity index (χ2n) is 5.62. The van der Waals surface area contributed by atoms with Gasteiger partial charge in [-0.1, -0.05) is 17.8 Å². The molecule has 0 fully saturated rings. The molecule has 0 unspecified atom stereocenters. The second kappa shape index (κ2) is 7.91. The molecular formula is C17H18F3N3OS. The fourth-order valence-electron chi connectivity index (χ4n) is 2.73. The molecule has 0 atom stereocenters. The van der Waals surface area contributed by atoms with Crippen LogP contribution in [0.2, 0.25) is 0 Å². The number of carbonyl (C=O) groups excluding carboxylic acids is 1. The van der Waals surface area contributed by atoms with E-state index in [9.17, 15) is 18.0 Å². The van der Waals surface area contributed by atoms with Crippen LogP contribution in [0.25, 0.3) is 0 Å². The molecule has 1 aromatic rings. The van der Waals surface area contributed by atoms with Gasteiger partial charge in [0.05, 0.1) is 16.9 Å². The minimum Gasteiger partial charge on any atom is -0.316 e. The Bertz CT molecular complexity index is 738. The van der Waals surface area contributed by atoms with Crippen molar-refractivity contribution in [2.24, 2.45) is 0 Å². The van der Waals surface area contributed by atoms with E-state index in [4.69, 9.17) is 5.26 Å². The van der Waals surface area contributed by atoms with Crippen LogP contribution in [-0.2, 0) is 11.0 Å². The van der Waals surface area contributed by atoms with E-state index in [1.807, 2.05) is 13.0 Å². The number of nitrogens with zero attached hydrogens (tertiary/aromatic N) is 3. The molecule has 0 spiro atoms. The molecule has 0 radical (unpaired) electrons. The Morgan fingerprint density at radius 3 is 2.72 bits per heavy atom. The molecule has 134 valence electrons. The summed E-state index contributed by atoms with van der Waals surface area (Å²) < 4.78 is 39.3. The maximum Gasteiger partial charge on any atom is 0.417 e. The summed E-state index contributed by atoms with van der Waals surface area (Å²) in [6, 6.07) is 2.43. The largest absolute Gasteiger partial charge is 0.417 e. The third-order valence-corrected chi connectivity index (χ3v) is 4.81. The zero-order valence-corrected chi connectivity index (χ0v) is 14.8. The Morgan fingerprint density at radius 2 is 2.20 bits per heavy atom. The summed E-state index contributed by atoms with van der Waals surface area (Å²) in [5.74, 6) is -0.255. The van der Waals surface area contributed by atoms with Gasteiger partial charge in [-0.15, -0.1) is 0 Å². The number of aryl methyl sites for hydroxylation is 1. The average Bonchev–Trinajstić information content (AvgIpc) is 3.06. The van der Waals surface area contributed by atoms with Gasteiger partial charge in [0.1, 0.15) is 11.1 Å². The first-order valence-electron chi connectivity index (χ1n) is 7.89. The van der Waals surface area contributed by atoms with Crippen LogP contribution in [0.5, 0.6) is 0 Å². The van der Waals surface area contributed by atoms with E-state index in [-0.39, 0.29) is 22.4 Å². The number of alkyl halides is 3. The highest BCUT2D eigenvalue weighted by Crippen LogP contribution is 2.36. The van der Waals surface area contributed by atoms with Crippen molar-refractivity contribution in [2.75, 3.05) is 12.3 Å². The predicted octanol–water partition coefficient (Wildman–Crippen LogP) is 4.29. The first-order valence-corrected chi connectivity index (χ1v) is 8.87. The fraction of sp³-hybridized carbons (Fsp3) is 0.471. The second-order valence-corrected chi connectivity index (χ2v) is 6.58. The number of nitriles is 1. The van der Waals surface area contributed by atoms with Crippen LogP contribution in [0.15, 0.2) is 22.9 Å². The summed E-state index contributed by atoms with van der Waals surface area (Å²) in [4.78, 5) is 18.1. The van der Waals surface area contributed by atoms with E-state index in [1.54, 1.807) is 11.0 Å². The molecule has 0 saturated heterocycles. The monoisotopic (exact) mass is 369 g/mol. The third kappa shape index (κ3) is 4.54. The summed E-state index contributed by atoms with van der Waals surface area (Å²) in [5.41, 5.74) is -0.420. The number of pyridine rings is 1. The molecule has 1 aromatic heterocycles. The molecule has 1 heterocycles. The van der Waals surface area contributed by atoms with Crippen LogP contribution in [0.4, 0.5) is 13.2 Å². The zero-order valence-electron chi connectivity index (χ0n) is 14.0. The van der Waals surface area contributed by atoms with Crippen molar-refractivity contribution in [3.8, 4) is 6.07 Å². The van der Waals surface area contributed by atoms with E-state index < -0.39 is 17.3 Å². The van der Waals surface area contributed by atoms with Gasteiger partial charge in [0.15, 0.2) is 0 Å². The van der Waals surface area contributed by atoms with Crippen molar-refractivity contribution >= 4 is 17.7 Å². The van der Waals surface area contributed by atoms with E-state index in [0.29, 0.717) is 6.54 Å². The van der Waals surface area contributed by atoms with E-state index in [0.717, 1.165) is 42.8 Å². The van der Waals surface area contributed by atoms with Crippen molar-refractivity contribution in [3.05, 3.63) is 34.7 Å². The molecule has 0 aromatic carbocycles. The Labute approximate surface area is 148 Å². The highest BCUT2D eigenvalue weighted by atomic mass is 32.2. The molecule has 0 bridgehead atoms. The Kier molecular flexibility index (Phi) is 6.11. The van der Waals surface area contributed by atoms with E-state index >= 15 is 0 Å². The Balaban J connectivity index is 2.21. The van der Waals surface area contributed by atoms with Gasteiger partial charge in [-0.2, -0.15) is 18.4 Å². The summed E-state index contributed by atoms with van der Waals surface area (Å²) >= 11 is 0.875. The van der Waals surface area contributed by atoms with Crippen LogP contribution in [-0.4, -0.2) is 28.1 Å². The molecule has 2 rings (SSSR count). The lowest BCUT2D eigenvalue weighted by Gasteiger charge is -2.22.